The van der Waals surface area contributed by atoms with Crippen LogP contribution in [0, 0.1) is 6.92 Å². The molecule has 6 heteroatoms. The molecule has 3 rings (SSSR count). The lowest BCUT2D eigenvalue weighted by atomic mass is 10.1. The Balaban J connectivity index is 2.19. The predicted molar refractivity (Wildman–Crippen MR) is 72.0 cm³/mol. The third-order valence-corrected chi connectivity index (χ3v) is 3.07. The van der Waals surface area contributed by atoms with Crippen LogP contribution in [0.2, 0.25) is 0 Å². The van der Waals surface area contributed by atoms with Gasteiger partial charge in [0.15, 0.2) is 11.5 Å². The predicted octanol–water partition coefficient (Wildman–Crippen LogP) is 2.84. The number of fused-ring (bicyclic) bond motifs is 1. The Labute approximate surface area is 114 Å². The minimum atomic E-state index is -1.13. The molecule has 0 aliphatic heterocycles. The Bertz CT molecular complexity index is 801. The molecule has 0 spiro atoms. The average Bonchev–Trinajstić information content (AvgIpc) is 3.01. The van der Waals surface area contributed by atoms with Crippen molar-refractivity contribution in [2.24, 2.45) is 0 Å². The van der Waals surface area contributed by atoms with Crippen molar-refractivity contribution in [1.82, 2.24) is 10.1 Å². The van der Waals surface area contributed by atoms with Gasteiger partial charge in [-0.1, -0.05) is 5.16 Å². The summed E-state index contributed by atoms with van der Waals surface area (Å²) in [7, 11) is 1.55. The highest BCUT2D eigenvalue weighted by Gasteiger charge is 2.16. The fraction of sp³-hybridized carbons (Fsp3) is 0.143. The highest BCUT2D eigenvalue weighted by atomic mass is 16.5. The minimum Gasteiger partial charge on any atom is -0.496 e. The van der Waals surface area contributed by atoms with Crippen molar-refractivity contribution in [3.63, 3.8) is 0 Å². The van der Waals surface area contributed by atoms with E-state index in [-0.39, 0.29) is 5.69 Å². The number of carboxylic acid groups (broad SMARTS) is 1. The first-order valence-corrected chi connectivity index (χ1v) is 5.96. The summed E-state index contributed by atoms with van der Waals surface area (Å²) in [6.07, 6.45) is 0. The summed E-state index contributed by atoms with van der Waals surface area (Å²) in [4.78, 5) is 14.1. The lowest BCUT2D eigenvalue weighted by molar-refractivity contribution is 0.0686. The standard InChI is InChI=1S/C14H12N2O4/c1-7-3-8-4-12(19-2)9(5-10(8)15-7)13-6-11(14(17)18)16-20-13/h3-6,15H,1-2H3,(H,17,18). The molecule has 0 aliphatic rings. The zero-order valence-electron chi connectivity index (χ0n) is 10.9. The van der Waals surface area contributed by atoms with E-state index >= 15 is 0 Å². The third-order valence-electron chi connectivity index (χ3n) is 3.07. The topological polar surface area (TPSA) is 88.4 Å². The van der Waals surface area contributed by atoms with Crippen LogP contribution in [-0.2, 0) is 0 Å². The Hall–Kier alpha value is -2.76. The van der Waals surface area contributed by atoms with Crippen molar-refractivity contribution in [1.29, 1.82) is 0 Å². The van der Waals surface area contributed by atoms with E-state index in [2.05, 4.69) is 10.1 Å². The lowest BCUT2D eigenvalue weighted by Crippen LogP contribution is -1.94. The number of benzene rings is 1. The van der Waals surface area contributed by atoms with Gasteiger partial charge in [-0.3, -0.25) is 0 Å². The van der Waals surface area contributed by atoms with Crippen molar-refractivity contribution in [2.75, 3.05) is 7.11 Å². The van der Waals surface area contributed by atoms with Gasteiger partial charge in [0, 0.05) is 22.7 Å². The molecular formula is C14H12N2O4. The van der Waals surface area contributed by atoms with E-state index in [1.165, 1.54) is 6.07 Å². The van der Waals surface area contributed by atoms with Crippen LogP contribution < -0.4 is 4.74 Å². The van der Waals surface area contributed by atoms with E-state index in [0.29, 0.717) is 17.1 Å². The molecule has 2 heterocycles. The first-order chi connectivity index (χ1) is 9.58. The number of aryl methyl sites for hydroxylation is 1. The fourth-order valence-corrected chi connectivity index (χ4v) is 2.17. The highest BCUT2D eigenvalue weighted by Crippen LogP contribution is 2.34. The molecule has 0 unspecified atom stereocenters. The molecule has 2 N–H and O–H groups in total. The van der Waals surface area contributed by atoms with Gasteiger partial charge < -0.3 is 19.4 Å². The smallest absolute Gasteiger partial charge is 0.358 e. The summed E-state index contributed by atoms with van der Waals surface area (Å²) < 4.78 is 10.4. The van der Waals surface area contributed by atoms with Crippen molar-refractivity contribution in [3.05, 3.63) is 35.7 Å². The number of methoxy groups -OCH3 is 1. The van der Waals surface area contributed by atoms with E-state index < -0.39 is 5.97 Å². The maximum Gasteiger partial charge on any atom is 0.358 e. The zero-order valence-corrected chi connectivity index (χ0v) is 10.9. The summed E-state index contributed by atoms with van der Waals surface area (Å²) >= 11 is 0. The first-order valence-electron chi connectivity index (χ1n) is 5.96. The van der Waals surface area contributed by atoms with E-state index in [9.17, 15) is 4.79 Å². The van der Waals surface area contributed by atoms with Crippen LogP contribution in [0.4, 0.5) is 0 Å². The summed E-state index contributed by atoms with van der Waals surface area (Å²) in [6.45, 7) is 1.96. The number of aromatic nitrogens is 2. The van der Waals surface area contributed by atoms with Crippen molar-refractivity contribution < 1.29 is 19.2 Å². The molecular weight excluding hydrogens is 260 g/mol. The number of hydrogen-bond donors (Lipinski definition) is 2. The molecule has 0 fully saturated rings. The maximum atomic E-state index is 10.9. The van der Waals surface area contributed by atoms with E-state index in [1.807, 2.05) is 25.1 Å². The van der Waals surface area contributed by atoms with E-state index in [4.69, 9.17) is 14.4 Å². The second-order valence-corrected chi connectivity index (χ2v) is 4.47. The number of nitrogens with zero attached hydrogens (tertiary/aromatic N) is 1. The fourth-order valence-electron chi connectivity index (χ4n) is 2.17. The second-order valence-electron chi connectivity index (χ2n) is 4.47. The quantitative estimate of drug-likeness (QED) is 0.765. The molecule has 0 saturated carbocycles. The zero-order chi connectivity index (χ0) is 14.3. The van der Waals surface area contributed by atoms with Gasteiger partial charge in [0.2, 0.25) is 0 Å². The number of carboxylic acids is 1. The van der Waals surface area contributed by atoms with Gasteiger partial charge >= 0.3 is 5.97 Å². The average molecular weight is 272 g/mol. The Morgan fingerprint density at radius 3 is 2.80 bits per heavy atom. The molecule has 0 amide bonds. The lowest BCUT2D eigenvalue weighted by Gasteiger charge is -2.05. The Morgan fingerprint density at radius 1 is 1.35 bits per heavy atom. The van der Waals surface area contributed by atoms with Gasteiger partial charge in [-0.15, -0.1) is 0 Å². The van der Waals surface area contributed by atoms with Crippen LogP contribution in [0.3, 0.4) is 0 Å². The molecule has 20 heavy (non-hydrogen) atoms. The van der Waals surface area contributed by atoms with Crippen molar-refractivity contribution >= 4 is 16.9 Å². The van der Waals surface area contributed by atoms with Crippen LogP contribution >= 0.6 is 0 Å². The van der Waals surface area contributed by atoms with Crippen LogP contribution in [0.5, 0.6) is 5.75 Å². The maximum absolute atomic E-state index is 10.9. The number of H-pyrrole nitrogens is 1. The van der Waals surface area contributed by atoms with Crippen LogP contribution in [-0.4, -0.2) is 28.3 Å². The largest absolute Gasteiger partial charge is 0.496 e. The number of carbonyl (C=O) groups is 1. The monoisotopic (exact) mass is 272 g/mol. The number of hydrogen-bond acceptors (Lipinski definition) is 4. The van der Waals surface area contributed by atoms with Gasteiger partial charge in [0.25, 0.3) is 0 Å². The molecule has 0 aliphatic carbocycles. The molecule has 0 atom stereocenters. The molecule has 6 nitrogen and oxygen atoms in total. The van der Waals surface area contributed by atoms with Gasteiger partial charge in [-0.2, -0.15) is 0 Å². The number of aromatic carboxylic acids is 1. The number of ether oxygens (including phenoxy) is 1. The summed E-state index contributed by atoms with van der Waals surface area (Å²) in [5, 5.41) is 13.4. The molecule has 1 aromatic carbocycles. The van der Waals surface area contributed by atoms with Gasteiger partial charge in [-0.05, 0) is 25.1 Å². The summed E-state index contributed by atoms with van der Waals surface area (Å²) in [6, 6.07) is 7.11. The summed E-state index contributed by atoms with van der Waals surface area (Å²) in [5.41, 5.74) is 2.47. The minimum absolute atomic E-state index is 0.134. The highest BCUT2D eigenvalue weighted by molar-refractivity contribution is 5.90. The molecule has 0 radical (unpaired) electrons. The molecule has 2 aromatic heterocycles. The Kier molecular flexibility index (Phi) is 2.71. The summed E-state index contributed by atoms with van der Waals surface area (Å²) in [5.74, 6) is -0.172. The van der Waals surface area contributed by atoms with Crippen LogP contribution in [0.25, 0.3) is 22.2 Å². The SMILES string of the molecule is COc1cc2cc(C)[nH]c2cc1-c1cc(C(=O)O)no1. The van der Waals surface area contributed by atoms with Gasteiger partial charge in [0.05, 0.1) is 12.7 Å². The normalized spacial score (nSPS) is 10.9. The number of rotatable bonds is 3. The van der Waals surface area contributed by atoms with E-state index in [1.54, 1.807) is 7.11 Å². The third kappa shape index (κ3) is 1.91. The molecule has 102 valence electrons. The van der Waals surface area contributed by atoms with Crippen molar-refractivity contribution in [3.8, 4) is 17.1 Å². The van der Waals surface area contributed by atoms with Crippen LogP contribution in [0.15, 0.2) is 28.8 Å². The molecule has 0 bridgehead atoms. The van der Waals surface area contributed by atoms with Crippen LogP contribution in [0.1, 0.15) is 16.2 Å². The molecule has 3 aromatic rings. The van der Waals surface area contributed by atoms with Gasteiger partial charge in [0.1, 0.15) is 5.75 Å². The Morgan fingerprint density at radius 2 is 2.15 bits per heavy atom. The van der Waals surface area contributed by atoms with E-state index in [0.717, 1.165) is 16.6 Å². The van der Waals surface area contributed by atoms with Gasteiger partial charge in [-0.25, -0.2) is 4.79 Å². The number of nitrogens with one attached hydrogen (secondary N) is 1. The first kappa shape index (κ1) is 12.3. The number of aromatic amines is 1. The molecule has 0 saturated heterocycles. The second kappa shape index (κ2) is 4.41. The van der Waals surface area contributed by atoms with Crippen molar-refractivity contribution in [2.45, 2.75) is 6.92 Å².